The summed E-state index contributed by atoms with van der Waals surface area (Å²) in [5, 5.41) is 23.5. The summed E-state index contributed by atoms with van der Waals surface area (Å²) in [6, 6.07) is 2.94. The van der Waals surface area contributed by atoms with E-state index in [1.165, 1.54) is 6.42 Å². The number of pyridine rings is 1. The van der Waals surface area contributed by atoms with Crippen molar-refractivity contribution >= 4 is 11.8 Å². The summed E-state index contributed by atoms with van der Waals surface area (Å²) in [5.41, 5.74) is 0.273. The minimum absolute atomic E-state index is 0.0837. The molecule has 182 valence electrons. The van der Waals surface area contributed by atoms with E-state index in [9.17, 15) is 19.9 Å². The molecular weight excluding hydrogens is 420 g/mol. The molecule has 33 heavy (non-hydrogen) atoms. The fourth-order valence-corrected chi connectivity index (χ4v) is 5.85. The molecule has 8 nitrogen and oxygen atoms in total. The number of amides is 2. The van der Waals surface area contributed by atoms with Crippen LogP contribution in [0.25, 0.3) is 0 Å². The summed E-state index contributed by atoms with van der Waals surface area (Å²) in [6.07, 6.45) is 10.6. The van der Waals surface area contributed by atoms with Crippen LogP contribution in [-0.4, -0.2) is 69.2 Å². The molecule has 0 unspecified atom stereocenters. The number of hydrogen-bond acceptors (Lipinski definition) is 5. The standard InChI is InChI=1S/C25H38N4O4/c1-2-3-13-29-23(31)21(22(30)20-7-5-4-6-8-20)26-24(32)25(29)11-16-27(17-12-25)18-19-9-14-28(33)15-10-19/h9-10,14-15,20-22,30H,2-8,11-13,16-18H2,1H3,(H-,26,32,33)/p+1/t21-,22-/m1/s1. The minimum Gasteiger partial charge on any atom is -0.390 e. The van der Waals surface area contributed by atoms with Gasteiger partial charge in [0.25, 0.3) is 0 Å². The van der Waals surface area contributed by atoms with Crippen molar-refractivity contribution in [2.45, 2.75) is 88.9 Å². The largest absolute Gasteiger partial charge is 0.390 e. The number of aromatic nitrogens is 1. The van der Waals surface area contributed by atoms with E-state index < -0.39 is 17.7 Å². The van der Waals surface area contributed by atoms with Gasteiger partial charge in [0.05, 0.1) is 6.10 Å². The third-order valence-corrected chi connectivity index (χ3v) is 7.94. The topological polar surface area (TPSA) is 97.0 Å². The van der Waals surface area contributed by atoms with Crippen LogP contribution in [0.15, 0.2) is 24.5 Å². The van der Waals surface area contributed by atoms with Crippen LogP contribution in [0, 0.1) is 5.92 Å². The predicted molar refractivity (Wildman–Crippen MR) is 122 cm³/mol. The SMILES string of the molecule is CCCCN1C(=O)[C@@H]([C@H](O)C2CCCCC2)NC(=O)C12CCN(Cc1cc[n+](O)cc1)CC2. The molecule has 1 aliphatic carbocycles. The fraction of sp³-hybridized carbons (Fsp3) is 0.720. The number of piperidine rings is 1. The van der Waals surface area contributed by atoms with E-state index in [0.29, 0.717) is 32.5 Å². The monoisotopic (exact) mass is 459 g/mol. The van der Waals surface area contributed by atoms with Gasteiger partial charge in [-0.2, -0.15) is 0 Å². The van der Waals surface area contributed by atoms with Crippen molar-refractivity contribution in [3.05, 3.63) is 30.1 Å². The van der Waals surface area contributed by atoms with Gasteiger partial charge in [0.15, 0.2) is 0 Å². The third kappa shape index (κ3) is 5.01. The summed E-state index contributed by atoms with van der Waals surface area (Å²) in [5.74, 6) is -0.121. The summed E-state index contributed by atoms with van der Waals surface area (Å²) >= 11 is 0. The van der Waals surface area contributed by atoms with Gasteiger partial charge in [-0.05, 0) is 43.6 Å². The highest BCUT2D eigenvalue weighted by Gasteiger charge is 2.55. The van der Waals surface area contributed by atoms with Gasteiger partial charge in [-0.25, -0.2) is 0 Å². The Morgan fingerprint density at radius 2 is 1.82 bits per heavy atom. The lowest BCUT2D eigenvalue weighted by Crippen LogP contribution is -2.75. The number of aliphatic hydroxyl groups is 1. The molecule has 1 aromatic heterocycles. The average Bonchev–Trinajstić information content (AvgIpc) is 2.84. The lowest BCUT2D eigenvalue weighted by atomic mass is 9.78. The molecule has 1 spiro atoms. The van der Waals surface area contributed by atoms with Crippen LogP contribution in [0.5, 0.6) is 0 Å². The second-order valence-corrected chi connectivity index (χ2v) is 10.1. The Balaban J connectivity index is 1.47. The Bertz CT molecular complexity index is 816. The smallest absolute Gasteiger partial charge is 0.248 e. The number of aliphatic hydroxyl groups excluding tert-OH is 1. The van der Waals surface area contributed by atoms with Crippen LogP contribution in [0.2, 0.25) is 0 Å². The highest BCUT2D eigenvalue weighted by Crippen LogP contribution is 2.36. The van der Waals surface area contributed by atoms with E-state index in [4.69, 9.17) is 0 Å². The van der Waals surface area contributed by atoms with Gasteiger partial charge in [-0.3, -0.25) is 19.7 Å². The van der Waals surface area contributed by atoms with Crippen molar-refractivity contribution in [3.63, 3.8) is 0 Å². The first kappa shape index (κ1) is 24.0. The third-order valence-electron chi connectivity index (χ3n) is 7.94. The number of carbonyl (C=O) groups excluding carboxylic acids is 2. The van der Waals surface area contributed by atoms with Gasteiger partial charge >= 0.3 is 0 Å². The molecule has 2 atom stereocenters. The summed E-state index contributed by atoms with van der Waals surface area (Å²) < 4.78 is 1.02. The molecule has 1 saturated carbocycles. The van der Waals surface area contributed by atoms with E-state index in [0.717, 1.165) is 55.4 Å². The highest BCUT2D eigenvalue weighted by atomic mass is 16.5. The van der Waals surface area contributed by atoms with E-state index in [-0.39, 0.29) is 17.7 Å². The Morgan fingerprint density at radius 1 is 1.15 bits per heavy atom. The molecule has 3 heterocycles. The molecule has 2 amide bonds. The number of likely N-dealkylation sites (tertiary alicyclic amines) is 1. The molecule has 2 aliphatic heterocycles. The first-order chi connectivity index (χ1) is 15.9. The number of rotatable bonds is 7. The minimum atomic E-state index is -0.824. The van der Waals surface area contributed by atoms with E-state index in [2.05, 4.69) is 17.1 Å². The quantitative estimate of drug-likeness (QED) is 0.425. The second-order valence-electron chi connectivity index (χ2n) is 10.1. The first-order valence-electron chi connectivity index (χ1n) is 12.7. The van der Waals surface area contributed by atoms with Gasteiger partial charge in [0, 0.05) is 43.0 Å². The fourth-order valence-electron chi connectivity index (χ4n) is 5.85. The van der Waals surface area contributed by atoms with Crippen LogP contribution >= 0.6 is 0 Å². The Labute approximate surface area is 196 Å². The number of hydrogen-bond donors (Lipinski definition) is 3. The molecule has 0 aromatic carbocycles. The molecule has 4 rings (SSSR count). The Kier molecular flexibility index (Phi) is 7.54. The average molecular weight is 460 g/mol. The van der Waals surface area contributed by atoms with Crippen molar-refractivity contribution in [1.29, 1.82) is 0 Å². The van der Waals surface area contributed by atoms with Gasteiger partial charge in [0.1, 0.15) is 11.6 Å². The second kappa shape index (κ2) is 10.4. The van der Waals surface area contributed by atoms with Crippen LogP contribution < -0.4 is 10.0 Å². The number of piperazine rings is 1. The van der Waals surface area contributed by atoms with Crippen molar-refractivity contribution in [2.75, 3.05) is 19.6 Å². The zero-order valence-electron chi connectivity index (χ0n) is 19.8. The molecule has 0 bridgehead atoms. The summed E-state index contributed by atoms with van der Waals surface area (Å²) in [6.45, 7) is 4.82. The highest BCUT2D eigenvalue weighted by molar-refractivity contribution is 6.00. The Hall–Kier alpha value is -2.19. The molecule has 8 heteroatoms. The number of nitrogens with zero attached hydrogens (tertiary/aromatic N) is 3. The van der Waals surface area contributed by atoms with Crippen LogP contribution in [-0.2, 0) is 16.1 Å². The maximum absolute atomic E-state index is 13.7. The van der Waals surface area contributed by atoms with Crippen LogP contribution in [0.1, 0.15) is 70.3 Å². The van der Waals surface area contributed by atoms with Crippen molar-refractivity contribution in [3.8, 4) is 0 Å². The molecule has 3 N–H and O–H groups in total. The predicted octanol–water partition coefficient (Wildman–Crippen LogP) is 1.61. The summed E-state index contributed by atoms with van der Waals surface area (Å²) in [4.78, 5) is 31.3. The number of carbonyl (C=O) groups is 2. The van der Waals surface area contributed by atoms with Gasteiger partial charge in [-0.1, -0.05) is 32.6 Å². The first-order valence-corrected chi connectivity index (χ1v) is 12.7. The van der Waals surface area contributed by atoms with Gasteiger partial charge in [-0.15, -0.1) is 0 Å². The maximum Gasteiger partial charge on any atom is 0.248 e. The van der Waals surface area contributed by atoms with E-state index in [1.54, 1.807) is 12.4 Å². The van der Waals surface area contributed by atoms with Crippen LogP contribution in [0.3, 0.4) is 0 Å². The van der Waals surface area contributed by atoms with Crippen molar-refractivity contribution in [2.24, 2.45) is 5.92 Å². The van der Waals surface area contributed by atoms with Crippen LogP contribution in [0.4, 0.5) is 0 Å². The van der Waals surface area contributed by atoms with Crippen molar-refractivity contribution < 1.29 is 24.6 Å². The molecular formula is C25H39N4O4+. The van der Waals surface area contributed by atoms with E-state index >= 15 is 0 Å². The number of nitrogens with one attached hydrogen (secondary N) is 1. The van der Waals surface area contributed by atoms with Gasteiger partial charge in [0.2, 0.25) is 24.2 Å². The zero-order valence-corrected chi connectivity index (χ0v) is 19.8. The normalized spacial score (nSPS) is 25.3. The molecule has 1 aromatic rings. The maximum atomic E-state index is 13.7. The van der Waals surface area contributed by atoms with Gasteiger partial charge < -0.3 is 15.3 Å². The molecule has 0 radical (unpaired) electrons. The molecule has 2 saturated heterocycles. The Morgan fingerprint density at radius 3 is 2.45 bits per heavy atom. The van der Waals surface area contributed by atoms with E-state index in [1.807, 2.05) is 17.0 Å². The summed E-state index contributed by atoms with van der Waals surface area (Å²) in [7, 11) is 0. The number of unbranched alkanes of at least 4 members (excludes halogenated alkanes) is 1. The molecule has 3 aliphatic rings. The lowest BCUT2D eigenvalue weighted by Gasteiger charge is -2.52. The van der Waals surface area contributed by atoms with Crippen molar-refractivity contribution in [1.82, 2.24) is 15.1 Å². The molecule has 3 fully saturated rings. The zero-order chi connectivity index (χ0) is 23.4. The lowest BCUT2D eigenvalue weighted by molar-refractivity contribution is -0.904.